The van der Waals surface area contributed by atoms with Gasteiger partial charge in [-0.2, -0.15) is 0 Å². The van der Waals surface area contributed by atoms with Crippen molar-refractivity contribution in [3.63, 3.8) is 0 Å². The van der Waals surface area contributed by atoms with E-state index in [-0.39, 0.29) is 12.5 Å². The summed E-state index contributed by atoms with van der Waals surface area (Å²) >= 11 is 18.4. The Hall–Kier alpha value is -2.25. The molecule has 0 N–H and O–H groups in total. The van der Waals surface area contributed by atoms with Gasteiger partial charge >= 0.3 is 0 Å². The summed E-state index contributed by atoms with van der Waals surface area (Å²) in [5.41, 5.74) is 2.29. The largest absolute Gasteiger partial charge is 0.337 e. The lowest BCUT2D eigenvalue weighted by Gasteiger charge is -2.24. The quantitative estimate of drug-likeness (QED) is 0.398. The molecule has 0 bridgehead atoms. The number of hydrogen-bond acceptors (Lipinski definition) is 3. The zero-order valence-electron chi connectivity index (χ0n) is 17.4. The van der Waals surface area contributed by atoms with Crippen molar-refractivity contribution in [3.05, 3.63) is 98.5 Å². The molecular weight excluding hydrogens is 491 g/mol. The van der Waals surface area contributed by atoms with E-state index >= 15 is 0 Å². The average molecular weight is 512 g/mol. The van der Waals surface area contributed by atoms with Crippen LogP contribution in [0.3, 0.4) is 0 Å². The van der Waals surface area contributed by atoms with Crippen molar-refractivity contribution in [2.24, 2.45) is 0 Å². The van der Waals surface area contributed by atoms with E-state index in [2.05, 4.69) is 0 Å². The topological polar surface area (TPSA) is 57.7 Å². The van der Waals surface area contributed by atoms with Crippen LogP contribution in [-0.2, 0) is 23.1 Å². The predicted octanol–water partition coefficient (Wildman–Crippen LogP) is 5.89. The Balaban J connectivity index is 1.81. The zero-order chi connectivity index (χ0) is 23.5. The minimum absolute atomic E-state index is 0.0267. The number of carbonyl (C=O) groups is 1. The van der Waals surface area contributed by atoms with Crippen LogP contribution in [0, 0.1) is 0 Å². The molecule has 5 nitrogen and oxygen atoms in total. The molecule has 0 fully saturated rings. The Bertz CT molecular complexity index is 1190. The van der Waals surface area contributed by atoms with Crippen molar-refractivity contribution in [1.82, 2.24) is 4.90 Å². The second-order valence-corrected chi connectivity index (χ2v) is 10.5. The van der Waals surface area contributed by atoms with Gasteiger partial charge in [0, 0.05) is 39.8 Å². The van der Waals surface area contributed by atoms with Crippen LogP contribution in [0.15, 0.2) is 66.7 Å². The highest BCUT2D eigenvalue weighted by atomic mass is 35.5. The maximum Gasteiger partial charge on any atom is 0.253 e. The number of carbonyl (C=O) groups excluding carboxylic acids is 1. The third-order valence-electron chi connectivity index (χ3n) is 4.85. The lowest BCUT2D eigenvalue weighted by molar-refractivity contribution is 0.0785. The standard InChI is InChI=1S/C23H21Cl3N2O3S/c1-27(14-16-6-10-18(24)11-7-16)23(29)17-8-12-19(13-9-17)28(32(2,30)31)15-20-21(25)4-3-5-22(20)26/h3-13H,14-15H2,1-2H3. The van der Waals surface area contributed by atoms with Crippen molar-refractivity contribution in [3.8, 4) is 0 Å². The number of nitrogens with zero attached hydrogens (tertiary/aromatic N) is 2. The number of amides is 1. The van der Waals surface area contributed by atoms with Crippen molar-refractivity contribution < 1.29 is 13.2 Å². The molecule has 3 rings (SSSR count). The molecule has 0 aliphatic heterocycles. The van der Waals surface area contributed by atoms with E-state index in [4.69, 9.17) is 34.8 Å². The molecule has 168 valence electrons. The first-order valence-corrected chi connectivity index (χ1v) is 12.5. The van der Waals surface area contributed by atoms with Crippen molar-refractivity contribution >= 4 is 56.4 Å². The molecule has 0 saturated heterocycles. The Labute approximate surface area is 203 Å². The molecule has 9 heteroatoms. The van der Waals surface area contributed by atoms with Gasteiger partial charge in [0.2, 0.25) is 10.0 Å². The van der Waals surface area contributed by atoms with Crippen molar-refractivity contribution in [2.75, 3.05) is 17.6 Å². The lowest BCUT2D eigenvalue weighted by Crippen LogP contribution is -2.30. The fraction of sp³-hybridized carbons (Fsp3) is 0.174. The Morgan fingerprint density at radius 3 is 1.94 bits per heavy atom. The van der Waals surface area contributed by atoms with Gasteiger partial charge in [-0.1, -0.05) is 53.0 Å². The molecule has 0 heterocycles. The summed E-state index contributed by atoms with van der Waals surface area (Å²) in [6, 6.07) is 18.7. The minimum Gasteiger partial charge on any atom is -0.337 e. The number of rotatable bonds is 7. The molecule has 0 aliphatic rings. The van der Waals surface area contributed by atoms with Gasteiger partial charge in [-0.3, -0.25) is 9.10 Å². The van der Waals surface area contributed by atoms with Crippen LogP contribution >= 0.6 is 34.8 Å². The third-order valence-corrected chi connectivity index (χ3v) is 6.95. The Kier molecular flexibility index (Phi) is 7.72. The summed E-state index contributed by atoms with van der Waals surface area (Å²) < 4.78 is 26.1. The van der Waals surface area contributed by atoms with Crippen molar-refractivity contribution in [1.29, 1.82) is 0 Å². The molecule has 3 aromatic rings. The first kappa shape index (κ1) is 24.4. The van der Waals surface area contributed by atoms with E-state index in [0.717, 1.165) is 11.8 Å². The maximum atomic E-state index is 12.8. The summed E-state index contributed by atoms with van der Waals surface area (Å²) in [7, 11) is -1.93. The molecule has 0 atom stereocenters. The molecule has 3 aromatic carbocycles. The number of hydrogen-bond donors (Lipinski definition) is 0. The Morgan fingerprint density at radius 2 is 1.41 bits per heavy atom. The van der Waals surface area contributed by atoms with Crippen LogP contribution in [0.5, 0.6) is 0 Å². The highest BCUT2D eigenvalue weighted by Crippen LogP contribution is 2.29. The summed E-state index contributed by atoms with van der Waals surface area (Å²) in [4.78, 5) is 14.4. The maximum absolute atomic E-state index is 12.8. The fourth-order valence-electron chi connectivity index (χ4n) is 3.15. The zero-order valence-corrected chi connectivity index (χ0v) is 20.5. The van der Waals surface area contributed by atoms with Gasteiger partial charge in [0.05, 0.1) is 18.5 Å². The normalized spacial score (nSPS) is 11.3. The van der Waals surface area contributed by atoms with E-state index in [1.54, 1.807) is 66.5 Å². The molecule has 0 unspecified atom stereocenters. The molecule has 0 spiro atoms. The van der Waals surface area contributed by atoms with Gasteiger partial charge in [-0.05, 0) is 54.1 Å². The van der Waals surface area contributed by atoms with E-state index in [1.165, 1.54) is 4.31 Å². The number of benzene rings is 3. The molecule has 32 heavy (non-hydrogen) atoms. The van der Waals surface area contributed by atoms with Gasteiger partial charge < -0.3 is 4.90 Å². The highest BCUT2D eigenvalue weighted by molar-refractivity contribution is 7.92. The van der Waals surface area contributed by atoms with Gasteiger partial charge in [-0.15, -0.1) is 0 Å². The van der Waals surface area contributed by atoms with E-state index < -0.39 is 10.0 Å². The number of anilines is 1. The number of halogens is 3. The van der Waals surface area contributed by atoms with Crippen molar-refractivity contribution in [2.45, 2.75) is 13.1 Å². The van der Waals surface area contributed by atoms with Gasteiger partial charge in [-0.25, -0.2) is 8.42 Å². The van der Waals surface area contributed by atoms with Crippen LogP contribution in [-0.4, -0.2) is 32.5 Å². The second kappa shape index (κ2) is 10.1. The van der Waals surface area contributed by atoms with Gasteiger partial charge in [0.25, 0.3) is 5.91 Å². The molecule has 0 aromatic heterocycles. The summed E-state index contributed by atoms with van der Waals surface area (Å²) in [6.07, 6.45) is 1.11. The van der Waals surface area contributed by atoms with Crippen LogP contribution in [0.2, 0.25) is 15.1 Å². The van der Waals surface area contributed by atoms with Gasteiger partial charge in [0.1, 0.15) is 0 Å². The molecule has 0 aliphatic carbocycles. The minimum atomic E-state index is -3.63. The van der Waals surface area contributed by atoms with Crippen LogP contribution in [0.1, 0.15) is 21.5 Å². The third kappa shape index (κ3) is 5.95. The summed E-state index contributed by atoms with van der Waals surface area (Å²) in [5, 5.41) is 1.38. The van der Waals surface area contributed by atoms with Crippen LogP contribution in [0.25, 0.3) is 0 Å². The predicted molar refractivity (Wildman–Crippen MR) is 131 cm³/mol. The van der Waals surface area contributed by atoms with Crippen LogP contribution in [0.4, 0.5) is 5.69 Å². The fourth-order valence-corrected chi connectivity index (χ4v) is 4.66. The molecule has 0 radical (unpaired) electrons. The van der Waals surface area contributed by atoms with E-state index in [0.29, 0.717) is 38.4 Å². The second-order valence-electron chi connectivity index (χ2n) is 7.30. The molecule has 1 amide bonds. The molecule has 0 saturated carbocycles. The SMILES string of the molecule is CN(Cc1ccc(Cl)cc1)C(=O)c1ccc(N(Cc2c(Cl)cccc2Cl)S(C)(=O)=O)cc1. The summed E-state index contributed by atoms with van der Waals surface area (Å²) in [6.45, 7) is 0.388. The van der Waals surface area contributed by atoms with Gasteiger partial charge in [0.15, 0.2) is 0 Å². The smallest absolute Gasteiger partial charge is 0.253 e. The monoisotopic (exact) mass is 510 g/mol. The van der Waals surface area contributed by atoms with E-state index in [1.807, 2.05) is 12.1 Å². The first-order chi connectivity index (χ1) is 15.1. The van der Waals surface area contributed by atoms with E-state index in [9.17, 15) is 13.2 Å². The van der Waals surface area contributed by atoms with Crippen LogP contribution < -0.4 is 4.31 Å². The highest BCUT2D eigenvalue weighted by Gasteiger charge is 2.21. The Morgan fingerprint density at radius 1 is 0.844 bits per heavy atom. The average Bonchev–Trinajstić information content (AvgIpc) is 2.74. The summed E-state index contributed by atoms with van der Waals surface area (Å²) in [5.74, 6) is -0.188. The number of sulfonamides is 1. The molecular formula is C23H21Cl3N2O3S. The lowest BCUT2D eigenvalue weighted by atomic mass is 10.1. The first-order valence-electron chi connectivity index (χ1n) is 9.57.